The summed E-state index contributed by atoms with van der Waals surface area (Å²) in [6.07, 6.45) is 6.16. The fourth-order valence-corrected chi connectivity index (χ4v) is 8.08. The Hall–Kier alpha value is -10.5. The number of hydrogen-bond acceptors (Lipinski definition) is 15. The second-order valence-electron chi connectivity index (χ2n) is 19.0. The van der Waals surface area contributed by atoms with Crippen LogP contribution in [-0.4, -0.2) is 56.2 Å². The molecule has 15 nitrogen and oxygen atoms in total. The number of carbonyl (C=O) groups is 6. The topological polar surface area (TPSA) is 185 Å². The Bertz CT molecular complexity index is 3550. The number of carbonyl (C=O) groups excluding carboxylic acids is 6. The molecule has 0 fully saturated rings. The molecule has 428 valence electrons. The number of hydrogen-bond donors (Lipinski definition) is 0. The molecule has 0 radical (unpaired) electrons. The van der Waals surface area contributed by atoms with Crippen LogP contribution in [0, 0.1) is 5.92 Å². The maximum atomic E-state index is 12.7. The van der Waals surface area contributed by atoms with Gasteiger partial charge in [0.2, 0.25) is 20.4 Å². The summed E-state index contributed by atoms with van der Waals surface area (Å²) in [7, 11) is 0. The first-order chi connectivity index (χ1) is 40.7. The SMILES string of the molecule is C=CC(=O)OCOc1ccc(C(=O)Oc2ccc(-c3ccc(CC(C)CC)cc3)cc2)cc1.C=CC(=O)OCOc1ccc(C(=O)Oc2ccc(CC(C)c3ccc4cc(OC(=O)c5ccc(OCOC(=O)C=C)cc5)ccc4c3)cc2)cc1. The van der Waals surface area contributed by atoms with Crippen molar-refractivity contribution in [1.82, 2.24) is 0 Å². The summed E-state index contributed by atoms with van der Waals surface area (Å²) in [6, 6.07) is 54.1. The summed E-state index contributed by atoms with van der Waals surface area (Å²) in [5.41, 5.74) is 6.81. The van der Waals surface area contributed by atoms with Crippen molar-refractivity contribution in [2.24, 2.45) is 5.92 Å². The van der Waals surface area contributed by atoms with E-state index in [0.29, 0.717) is 57.1 Å². The molecule has 0 saturated carbocycles. The van der Waals surface area contributed by atoms with Crippen LogP contribution in [0.25, 0.3) is 21.9 Å². The lowest BCUT2D eigenvalue weighted by atomic mass is 9.92. The zero-order valence-electron chi connectivity index (χ0n) is 46.7. The molecule has 0 spiro atoms. The first-order valence-corrected chi connectivity index (χ1v) is 26.7. The van der Waals surface area contributed by atoms with Crippen LogP contribution in [-0.2, 0) is 41.4 Å². The minimum Gasteiger partial charge on any atom is -0.457 e. The van der Waals surface area contributed by atoms with Crippen LogP contribution in [0.4, 0.5) is 0 Å². The van der Waals surface area contributed by atoms with Crippen molar-refractivity contribution in [3.8, 4) is 45.6 Å². The molecular formula is C69H62O15. The zero-order chi connectivity index (χ0) is 59.8. The zero-order valence-corrected chi connectivity index (χ0v) is 46.7. The fraction of sp³-hybridized carbons (Fsp3) is 0.159. The van der Waals surface area contributed by atoms with Crippen LogP contribution in [0.1, 0.15) is 80.9 Å². The monoisotopic (exact) mass is 1130 g/mol. The smallest absolute Gasteiger partial charge is 0.343 e. The summed E-state index contributed by atoms with van der Waals surface area (Å²) in [5.74, 6) is 0.237. The maximum absolute atomic E-state index is 12.7. The lowest BCUT2D eigenvalue weighted by molar-refractivity contribution is -0.145. The average molecular weight is 1130 g/mol. The minimum absolute atomic E-state index is 0.197. The molecule has 0 aliphatic carbocycles. The van der Waals surface area contributed by atoms with Crippen LogP contribution >= 0.6 is 0 Å². The van der Waals surface area contributed by atoms with Gasteiger partial charge in [-0.2, -0.15) is 0 Å². The van der Waals surface area contributed by atoms with Crippen LogP contribution in [0.2, 0.25) is 0 Å². The predicted octanol–water partition coefficient (Wildman–Crippen LogP) is 14.0. The van der Waals surface area contributed by atoms with E-state index in [1.807, 2.05) is 42.5 Å². The standard InChI is InChI=1S/C41H34O10.C28H28O5/c1-4-38(42)48-25-46-34-17-10-29(11-18-34)40(44)50-36-15-6-28(7-16-36)22-27(3)31-8-9-33-24-37(21-14-32(33)23-31)51-41(45)30-12-19-35(20-13-30)47-26-49-39(43)5-2;1-4-20(3)18-21-6-8-22(9-7-21)23-10-16-26(17-11-23)33-28(30)24-12-14-25(15-13-24)31-19-32-27(29)5-2/h4-21,23-24,27H,1-2,22,25-26H2,3H3;5-17,20H,2,4,18-19H2,1,3H3. The average Bonchev–Trinajstić information content (AvgIpc) is 3.64. The first kappa shape index (κ1) is 61.1. The van der Waals surface area contributed by atoms with Gasteiger partial charge in [-0.1, -0.05) is 120 Å². The van der Waals surface area contributed by atoms with Crippen molar-refractivity contribution < 1.29 is 71.4 Å². The third kappa shape index (κ3) is 18.8. The second-order valence-corrected chi connectivity index (χ2v) is 19.0. The van der Waals surface area contributed by atoms with E-state index in [1.165, 1.54) is 12.0 Å². The first-order valence-electron chi connectivity index (χ1n) is 26.7. The Morgan fingerprint density at radius 1 is 0.393 bits per heavy atom. The van der Waals surface area contributed by atoms with Crippen molar-refractivity contribution in [2.75, 3.05) is 20.4 Å². The Balaban J connectivity index is 0.000000265. The van der Waals surface area contributed by atoms with E-state index in [2.05, 4.69) is 76.9 Å². The molecular weight excluding hydrogens is 1070 g/mol. The summed E-state index contributed by atoms with van der Waals surface area (Å²) in [4.78, 5) is 71.0. The highest BCUT2D eigenvalue weighted by Gasteiger charge is 2.15. The van der Waals surface area contributed by atoms with E-state index in [4.69, 9.17) is 42.6 Å². The number of rotatable bonds is 25. The van der Waals surface area contributed by atoms with E-state index < -0.39 is 35.8 Å². The van der Waals surface area contributed by atoms with E-state index in [1.54, 1.807) is 103 Å². The quantitative estimate of drug-likeness (QED) is 0.0173. The molecule has 0 N–H and O–H groups in total. The summed E-state index contributed by atoms with van der Waals surface area (Å²) in [6.45, 7) is 15.8. The molecule has 0 amide bonds. The summed E-state index contributed by atoms with van der Waals surface area (Å²) in [5, 5.41) is 1.94. The van der Waals surface area contributed by atoms with Crippen molar-refractivity contribution >= 4 is 46.6 Å². The predicted molar refractivity (Wildman–Crippen MR) is 317 cm³/mol. The number of esters is 6. The van der Waals surface area contributed by atoms with Crippen molar-refractivity contribution in [2.45, 2.75) is 46.0 Å². The molecule has 8 aromatic rings. The summed E-state index contributed by atoms with van der Waals surface area (Å²) < 4.78 is 46.8. The highest BCUT2D eigenvalue weighted by molar-refractivity contribution is 5.93. The van der Waals surface area contributed by atoms with Gasteiger partial charge in [0.15, 0.2) is 0 Å². The number of fused-ring (bicyclic) bond motifs is 1. The van der Waals surface area contributed by atoms with Gasteiger partial charge in [0, 0.05) is 18.2 Å². The Labute approximate surface area is 487 Å². The second kappa shape index (κ2) is 30.9. The van der Waals surface area contributed by atoms with Gasteiger partial charge in [-0.05, 0) is 172 Å². The molecule has 0 bridgehead atoms. The fourth-order valence-electron chi connectivity index (χ4n) is 8.08. The van der Waals surface area contributed by atoms with Gasteiger partial charge < -0.3 is 42.6 Å². The molecule has 0 aromatic heterocycles. The summed E-state index contributed by atoms with van der Waals surface area (Å²) >= 11 is 0. The van der Waals surface area contributed by atoms with Gasteiger partial charge in [-0.25, -0.2) is 28.8 Å². The van der Waals surface area contributed by atoms with Gasteiger partial charge in [0.1, 0.15) is 34.5 Å². The van der Waals surface area contributed by atoms with E-state index in [9.17, 15) is 28.8 Å². The molecule has 84 heavy (non-hydrogen) atoms. The van der Waals surface area contributed by atoms with Gasteiger partial charge in [0.05, 0.1) is 16.7 Å². The Morgan fingerprint density at radius 2 is 0.726 bits per heavy atom. The highest BCUT2D eigenvalue weighted by Crippen LogP contribution is 2.30. The Morgan fingerprint density at radius 3 is 1.14 bits per heavy atom. The van der Waals surface area contributed by atoms with E-state index in [0.717, 1.165) is 64.1 Å². The van der Waals surface area contributed by atoms with Gasteiger partial charge >= 0.3 is 35.8 Å². The van der Waals surface area contributed by atoms with Gasteiger partial charge in [-0.3, -0.25) is 0 Å². The van der Waals surface area contributed by atoms with Crippen molar-refractivity contribution in [3.63, 3.8) is 0 Å². The van der Waals surface area contributed by atoms with Crippen LogP contribution in [0.5, 0.6) is 34.5 Å². The molecule has 2 atom stereocenters. The van der Waals surface area contributed by atoms with Gasteiger partial charge in [0.25, 0.3) is 0 Å². The van der Waals surface area contributed by atoms with Crippen LogP contribution in [0.15, 0.2) is 220 Å². The normalized spacial score (nSPS) is 11.2. The van der Waals surface area contributed by atoms with E-state index >= 15 is 0 Å². The lowest BCUT2D eigenvalue weighted by Crippen LogP contribution is -2.09. The molecule has 2 unspecified atom stereocenters. The minimum atomic E-state index is -0.594. The number of benzene rings is 8. The highest BCUT2D eigenvalue weighted by atomic mass is 16.7. The molecule has 0 aliphatic heterocycles. The Kier molecular flexibility index (Phi) is 22.5. The molecule has 0 aliphatic rings. The maximum Gasteiger partial charge on any atom is 0.343 e. The largest absolute Gasteiger partial charge is 0.457 e. The van der Waals surface area contributed by atoms with Crippen LogP contribution in [0.3, 0.4) is 0 Å². The molecule has 8 aromatic carbocycles. The molecule has 15 heteroatoms. The van der Waals surface area contributed by atoms with Gasteiger partial charge in [-0.15, -0.1) is 0 Å². The molecule has 0 saturated heterocycles. The third-order valence-corrected chi connectivity index (χ3v) is 13.0. The lowest BCUT2D eigenvalue weighted by Gasteiger charge is -2.14. The molecule has 8 rings (SSSR count). The third-order valence-electron chi connectivity index (χ3n) is 13.0. The molecule has 0 heterocycles. The van der Waals surface area contributed by atoms with Crippen molar-refractivity contribution in [1.29, 1.82) is 0 Å². The van der Waals surface area contributed by atoms with Crippen LogP contribution < -0.4 is 28.4 Å². The number of ether oxygens (including phenoxy) is 9. The van der Waals surface area contributed by atoms with E-state index in [-0.39, 0.29) is 26.3 Å². The van der Waals surface area contributed by atoms with Crippen molar-refractivity contribution in [3.05, 3.63) is 253 Å².